The number of benzene rings is 3. The number of piperazine rings is 1. The van der Waals surface area contributed by atoms with Gasteiger partial charge in [0, 0.05) is 31.9 Å². The van der Waals surface area contributed by atoms with Gasteiger partial charge >= 0.3 is 0 Å². The van der Waals surface area contributed by atoms with Gasteiger partial charge in [0.25, 0.3) is 5.91 Å². The maximum absolute atomic E-state index is 13.0. The molecule has 1 fully saturated rings. The zero-order valence-electron chi connectivity index (χ0n) is 19.4. The van der Waals surface area contributed by atoms with Crippen molar-refractivity contribution in [2.45, 2.75) is 13.5 Å². The molecule has 178 valence electrons. The lowest BCUT2D eigenvalue weighted by Gasteiger charge is -2.36. The summed E-state index contributed by atoms with van der Waals surface area (Å²) in [6, 6.07) is 23.4. The third-order valence-electron chi connectivity index (χ3n) is 5.87. The lowest BCUT2D eigenvalue weighted by molar-refractivity contribution is -0.126. The quantitative estimate of drug-likeness (QED) is 0.298. The van der Waals surface area contributed by atoms with Gasteiger partial charge in [-0.05, 0) is 48.4 Å². The number of hydrogen-bond acceptors (Lipinski definition) is 4. The van der Waals surface area contributed by atoms with Crippen molar-refractivity contribution in [3.63, 3.8) is 0 Å². The molecule has 4 rings (SSSR count). The summed E-state index contributed by atoms with van der Waals surface area (Å²) in [5, 5.41) is 10.3. The summed E-state index contributed by atoms with van der Waals surface area (Å²) in [6.45, 7) is 4.85. The molecule has 1 heterocycles. The third-order valence-corrected chi connectivity index (χ3v) is 6.44. The molecule has 0 atom stereocenters. The number of ether oxygens (including phenoxy) is 1. The van der Waals surface area contributed by atoms with Crippen LogP contribution in [0.5, 0.6) is 5.75 Å². The molecule has 1 saturated heterocycles. The van der Waals surface area contributed by atoms with Crippen molar-refractivity contribution in [1.82, 2.24) is 4.90 Å². The molecular weight excluding hydrogens is 481 g/mol. The molecule has 0 unspecified atom stereocenters. The zero-order valence-corrected chi connectivity index (χ0v) is 20.9. The summed E-state index contributed by atoms with van der Waals surface area (Å²) >= 11 is 12.9. The number of amides is 1. The van der Waals surface area contributed by atoms with E-state index in [0.717, 1.165) is 11.3 Å². The highest BCUT2D eigenvalue weighted by Gasteiger charge is 2.24. The zero-order chi connectivity index (χ0) is 24.8. The lowest BCUT2D eigenvalue weighted by Crippen LogP contribution is -2.49. The van der Waals surface area contributed by atoms with Crippen LogP contribution < -0.4 is 9.64 Å². The van der Waals surface area contributed by atoms with Crippen LogP contribution in [-0.4, -0.2) is 37.0 Å². The first kappa shape index (κ1) is 24.7. The van der Waals surface area contributed by atoms with Crippen LogP contribution >= 0.6 is 23.2 Å². The van der Waals surface area contributed by atoms with Crippen LogP contribution in [0.15, 0.2) is 72.3 Å². The summed E-state index contributed by atoms with van der Waals surface area (Å²) in [6.07, 6.45) is 1.52. The fourth-order valence-electron chi connectivity index (χ4n) is 3.93. The number of carbonyl (C=O) groups is 1. The van der Waals surface area contributed by atoms with Gasteiger partial charge in [0.15, 0.2) is 5.75 Å². The molecule has 0 radical (unpaired) electrons. The minimum Gasteiger partial charge on any atom is -0.486 e. The van der Waals surface area contributed by atoms with E-state index in [-0.39, 0.29) is 11.5 Å². The summed E-state index contributed by atoms with van der Waals surface area (Å²) < 4.78 is 5.84. The average Bonchev–Trinajstić information content (AvgIpc) is 2.88. The van der Waals surface area contributed by atoms with Crippen molar-refractivity contribution in [3.05, 3.63) is 99.0 Å². The second-order valence-electron chi connectivity index (χ2n) is 8.37. The molecule has 3 aromatic carbocycles. The predicted octanol–water partition coefficient (Wildman–Crippen LogP) is 6.14. The van der Waals surface area contributed by atoms with E-state index < -0.39 is 0 Å². The molecule has 5 nitrogen and oxygen atoms in total. The summed E-state index contributed by atoms with van der Waals surface area (Å²) in [5.41, 5.74) is 3.90. The molecule has 35 heavy (non-hydrogen) atoms. The van der Waals surface area contributed by atoms with Crippen LogP contribution in [0.25, 0.3) is 6.08 Å². The van der Waals surface area contributed by atoms with Crippen LogP contribution in [0.4, 0.5) is 5.69 Å². The van der Waals surface area contributed by atoms with Crippen molar-refractivity contribution in [2.24, 2.45) is 0 Å². The molecule has 0 spiro atoms. The topological polar surface area (TPSA) is 56.6 Å². The third kappa shape index (κ3) is 6.16. The van der Waals surface area contributed by atoms with E-state index in [1.165, 1.54) is 11.6 Å². The van der Waals surface area contributed by atoms with Crippen molar-refractivity contribution in [2.75, 3.05) is 31.1 Å². The number of para-hydroxylation sites is 1. The van der Waals surface area contributed by atoms with E-state index in [4.69, 9.17) is 27.9 Å². The monoisotopic (exact) mass is 505 g/mol. The number of aryl methyl sites for hydroxylation is 1. The highest BCUT2D eigenvalue weighted by atomic mass is 35.5. The molecule has 1 aliphatic rings. The molecular formula is C28H25Cl2N3O2. The fraction of sp³-hybridized carbons (Fsp3) is 0.214. The van der Waals surface area contributed by atoms with Crippen LogP contribution in [0.3, 0.4) is 0 Å². The molecule has 0 bridgehead atoms. The van der Waals surface area contributed by atoms with Gasteiger partial charge < -0.3 is 14.5 Å². The SMILES string of the molecule is Cc1ccc(COc2c(Cl)cc(/C=C(/C#N)C(=O)N3CCN(c4ccccc4)CC3)cc2Cl)cc1. The Labute approximate surface area is 215 Å². The smallest absolute Gasteiger partial charge is 0.264 e. The van der Waals surface area contributed by atoms with E-state index in [0.29, 0.717) is 54.1 Å². The van der Waals surface area contributed by atoms with E-state index in [9.17, 15) is 10.1 Å². The molecule has 0 N–H and O–H groups in total. The molecule has 0 aliphatic carbocycles. The molecule has 0 aromatic heterocycles. The van der Waals surface area contributed by atoms with Gasteiger partial charge in [-0.2, -0.15) is 5.26 Å². The number of nitriles is 1. The first-order valence-electron chi connectivity index (χ1n) is 11.3. The van der Waals surface area contributed by atoms with Gasteiger partial charge in [0.2, 0.25) is 0 Å². The number of anilines is 1. The van der Waals surface area contributed by atoms with Crippen LogP contribution in [0.1, 0.15) is 16.7 Å². The Morgan fingerprint density at radius 1 is 1.00 bits per heavy atom. The van der Waals surface area contributed by atoms with Gasteiger partial charge in [0.05, 0.1) is 10.0 Å². The molecule has 7 heteroatoms. The van der Waals surface area contributed by atoms with Gasteiger partial charge in [-0.3, -0.25) is 4.79 Å². The van der Waals surface area contributed by atoms with E-state index >= 15 is 0 Å². The fourth-order valence-corrected chi connectivity index (χ4v) is 4.54. The number of halogens is 2. The largest absolute Gasteiger partial charge is 0.486 e. The molecule has 3 aromatic rings. The Morgan fingerprint density at radius 2 is 1.63 bits per heavy atom. The van der Waals surface area contributed by atoms with Crippen LogP contribution in [-0.2, 0) is 11.4 Å². The second kappa shape index (κ2) is 11.3. The maximum Gasteiger partial charge on any atom is 0.264 e. The number of nitrogens with zero attached hydrogens (tertiary/aromatic N) is 3. The summed E-state index contributed by atoms with van der Waals surface area (Å²) in [4.78, 5) is 17.0. The van der Waals surface area contributed by atoms with Gasteiger partial charge in [-0.1, -0.05) is 71.2 Å². The Hall–Kier alpha value is -3.46. The highest BCUT2D eigenvalue weighted by molar-refractivity contribution is 6.37. The lowest BCUT2D eigenvalue weighted by atomic mass is 10.1. The number of rotatable bonds is 6. The number of hydrogen-bond donors (Lipinski definition) is 0. The second-order valence-corrected chi connectivity index (χ2v) is 9.19. The highest BCUT2D eigenvalue weighted by Crippen LogP contribution is 2.35. The van der Waals surface area contributed by atoms with Crippen LogP contribution in [0, 0.1) is 18.3 Å². The summed E-state index contributed by atoms with van der Waals surface area (Å²) in [7, 11) is 0. The van der Waals surface area contributed by atoms with Crippen molar-refractivity contribution >= 4 is 40.9 Å². The van der Waals surface area contributed by atoms with E-state index in [1.807, 2.05) is 55.5 Å². The van der Waals surface area contributed by atoms with E-state index in [2.05, 4.69) is 17.0 Å². The number of carbonyl (C=O) groups excluding carboxylic acids is 1. The predicted molar refractivity (Wildman–Crippen MR) is 141 cm³/mol. The van der Waals surface area contributed by atoms with Gasteiger partial charge in [0.1, 0.15) is 18.2 Å². The Kier molecular flexibility index (Phi) is 7.97. The van der Waals surface area contributed by atoms with Crippen molar-refractivity contribution in [1.29, 1.82) is 5.26 Å². The first-order valence-corrected chi connectivity index (χ1v) is 12.1. The van der Waals surface area contributed by atoms with Crippen molar-refractivity contribution in [3.8, 4) is 11.8 Å². The Balaban J connectivity index is 1.43. The standard InChI is InChI=1S/C28H25Cl2N3O2/c1-20-7-9-21(10-8-20)19-35-27-25(29)16-22(17-26(27)30)15-23(18-31)28(34)33-13-11-32(12-14-33)24-5-3-2-4-6-24/h2-10,15-17H,11-14,19H2,1H3/b23-15-. The molecule has 0 saturated carbocycles. The van der Waals surface area contributed by atoms with E-state index in [1.54, 1.807) is 17.0 Å². The van der Waals surface area contributed by atoms with Gasteiger partial charge in [-0.25, -0.2) is 0 Å². The molecule has 1 aliphatic heterocycles. The summed E-state index contributed by atoms with van der Waals surface area (Å²) in [5.74, 6) is 0.0695. The average molecular weight is 506 g/mol. The van der Waals surface area contributed by atoms with Crippen molar-refractivity contribution < 1.29 is 9.53 Å². The minimum absolute atomic E-state index is 0.0404. The Bertz CT molecular complexity index is 1240. The first-order chi connectivity index (χ1) is 16.9. The van der Waals surface area contributed by atoms with Crippen LogP contribution in [0.2, 0.25) is 10.0 Å². The van der Waals surface area contributed by atoms with Gasteiger partial charge in [-0.15, -0.1) is 0 Å². The normalized spacial score (nSPS) is 13.9. The molecule has 1 amide bonds. The maximum atomic E-state index is 13.0. The Morgan fingerprint density at radius 3 is 2.23 bits per heavy atom. The minimum atomic E-state index is -0.299.